The molecule has 0 radical (unpaired) electrons. The van der Waals surface area contributed by atoms with Crippen LogP contribution in [0.1, 0.15) is 12.8 Å². The molecule has 1 aliphatic rings. The molecular weight excluding hydrogens is 186 g/mol. The zero-order valence-electron chi connectivity index (χ0n) is 7.60. The Morgan fingerprint density at radius 3 is 3.15 bits per heavy atom. The zero-order valence-corrected chi connectivity index (χ0v) is 8.42. The first-order valence-electron chi connectivity index (χ1n) is 4.43. The van der Waals surface area contributed by atoms with Crippen molar-refractivity contribution in [3.63, 3.8) is 0 Å². The number of nitrogens with zero attached hydrogens (tertiary/aromatic N) is 4. The molecule has 13 heavy (non-hydrogen) atoms. The van der Waals surface area contributed by atoms with Crippen molar-refractivity contribution < 1.29 is 0 Å². The minimum atomic E-state index is 0.531. The van der Waals surface area contributed by atoms with Crippen molar-refractivity contribution in [3.05, 3.63) is 0 Å². The molecule has 6 heteroatoms. The largest absolute Gasteiger partial charge is 0.350 e. The van der Waals surface area contributed by atoms with Gasteiger partial charge in [-0.05, 0) is 29.0 Å². The Bertz CT molecular complexity index is 268. The van der Waals surface area contributed by atoms with Gasteiger partial charge in [0.15, 0.2) is 0 Å². The topological polar surface area (TPSA) is 55.6 Å². The summed E-state index contributed by atoms with van der Waals surface area (Å²) >= 11 is 1.99. The molecule has 0 bridgehead atoms. The van der Waals surface area contributed by atoms with E-state index in [0.717, 1.165) is 11.7 Å². The van der Waals surface area contributed by atoms with E-state index in [9.17, 15) is 0 Å². The number of aryl methyl sites for hydroxylation is 1. The van der Waals surface area contributed by atoms with Gasteiger partial charge in [0.25, 0.3) is 0 Å². The van der Waals surface area contributed by atoms with Crippen LogP contribution in [0.3, 0.4) is 0 Å². The molecule has 1 unspecified atom stereocenters. The number of nitrogens with one attached hydrogen (secondary N) is 1. The second kappa shape index (κ2) is 3.95. The third-order valence-electron chi connectivity index (χ3n) is 2.11. The SMILES string of the molecule is Cn1nnnc1NC1CCCSC1. The van der Waals surface area contributed by atoms with E-state index in [1.165, 1.54) is 18.6 Å². The maximum Gasteiger partial charge on any atom is 0.242 e. The molecule has 1 aromatic heterocycles. The van der Waals surface area contributed by atoms with Gasteiger partial charge < -0.3 is 5.32 Å². The van der Waals surface area contributed by atoms with E-state index >= 15 is 0 Å². The molecule has 1 aliphatic heterocycles. The highest BCUT2D eigenvalue weighted by Crippen LogP contribution is 2.19. The molecule has 5 nitrogen and oxygen atoms in total. The first-order chi connectivity index (χ1) is 6.36. The maximum atomic E-state index is 3.89. The van der Waals surface area contributed by atoms with Crippen molar-refractivity contribution in [1.82, 2.24) is 20.2 Å². The molecule has 0 aromatic carbocycles. The summed E-state index contributed by atoms with van der Waals surface area (Å²) in [6.45, 7) is 0. The molecule has 72 valence electrons. The van der Waals surface area contributed by atoms with Crippen LogP contribution < -0.4 is 5.32 Å². The molecule has 0 aliphatic carbocycles. The molecule has 1 N–H and O–H groups in total. The van der Waals surface area contributed by atoms with Crippen LogP contribution in [0.4, 0.5) is 5.95 Å². The Kier molecular flexibility index (Phi) is 2.68. The van der Waals surface area contributed by atoms with E-state index in [1.807, 2.05) is 18.8 Å². The highest BCUT2D eigenvalue weighted by molar-refractivity contribution is 7.99. The standard InChI is InChI=1S/C7H13N5S/c1-12-7(9-10-11-12)8-6-3-2-4-13-5-6/h6H,2-5H2,1H3,(H,8,9,11). The van der Waals surface area contributed by atoms with Gasteiger partial charge in [-0.2, -0.15) is 11.8 Å². The number of thioether (sulfide) groups is 1. The van der Waals surface area contributed by atoms with Gasteiger partial charge in [-0.15, -0.1) is 0 Å². The summed E-state index contributed by atoms with van der Waals surface area (Å²) in [5.41, 5.74) is 0. The Hall–Kier alpha value is -0.780. The number of tetrazole rings is 1. The summed E-state index contributed by atoms with van der Waals surface area (Å²) in [6, 6.07) is 0.531. The average Bonchev–Trinajstić information content (AvgIpc) is 2.54. The number of anilines is 1. The third-order valence-corrected chi connectivity index (χ3v) is 3.33. The first-order valence-corrected chi connectivity index (χ1v) is 5.58. The van der Waals surface area contributed by atoms with Gasteiger partial charge in [0.2, 0.25) is 5.95 Å². The molecule has 1 atom stereocenters. The molecule has 0 spiro atoms. The predicted octanol–water partition coefficient (Wildman–Crippen LogP) is 0.518. The van der Waals surface area contributed by atoms with Gasteiger partial charge in [-0.25, -0.2) is 4.68 Å². The van der Waals surface area contributed by atoms with Crippen LogP contribution >= 0.6 is 11.8 Å². The molecule has 1 fully saturated rings. The van der Waals surface area contributed by atoms with Crippen molar-refractivity contribution in [2.24, 2.45) is 7.05 Å². The van der Waals surface area contributed by atoms with Crippen molar-refractivity contribution in [2.45, 2.75) is 18.9 Å². The second-order valence-electron chi connectivity index (χ2n) is 3.18. The number of aromatic nitrogens is 4. The number of hydrogen-bond donors (Lipinski definition) is 1. The van der Waals surface area contributed by atoms with Gasteiger partial charge in [-0.1, -0.05) is 5.10 Å². The van der Waals surface area contributed by atoms with Gasteiger partial charge in [0.1, 0.15) is 0 Å². The Labute approximate surface area is 81.3 Å². The number of rotatable bonds is 2. The fraction of sp³-hybridized carbons (Fsp3) is 0.857. The van der Waals surface area contributed by atoms with E-state index < -0.39 is 0 Å². The smallest absolute Gasteiger partial charge is 0.242 e. The fourth-order valence-corrected chi connectivity index (χ4v) is 2.46. The lowest BCUT2D eigenvalue weighted by molar-refractivity contribution is 0.661. The van der Waals surface area contributed by atoms with Crippen LogP contribution in [0.25, 0.3) is 0 Å². The first kappa shape index (κ1) is 8.80. The van der Waals surface area contributed by atoms with Crippen LogP contribution in [0.2, 0.25) is 0 Å². The average molecular weight is 199 g/mol. The summed E-state index contributed by atoms with van der Waals surface area (Å²) < 4.78 is 1.67. The lowest BCUT2D eigenvalue weighted by atomic mass is 10.2. The predicted molar refractivity (Wildman–Crippen MR) is 52.8 cm³/mol. The molecule has 0 amide bonds. The van der Waals surface area contributed by atoms with Gasteiger partial charge in [-0.3, -0.25) is 0 Å². The van der Waals surface area contributed by atoms with E-state index in [0.29, 0.717) is 6.04 Å². The second-order valence-corrected chi connectivity index (χ2v) is 4.33. The quantitative estimate of drug-likeness (QED) is 0.752. The van der Waals surface area contributed by atoms with Gasteiger partial charge in [0, 0.05) is 18.8 Å². The fourth-order valence-electron chi connectivity index (χ4n) is 1.39. The van der Waals surface area contributed by atoms with E-state index in [2.05, 4.69) is 20.8 Å². The summed E-state index contributed by atoms with van der Waals surface area (Å²) in [4.78, 5) is 0. The zero-order chi connectivity index (χ0) is 9.10. The Balaban J connectivity index is 1.93. The van der Waals surface area contributed by atoms with Crippen LogP contribution in [-0.2, 0) is 7.05 Å². The molecule has 1 aromatic rings. The molecule has 0 saturated carbocycles. The van der Waals surface area contributed by atoms with Crippen molar-refractivity contribution in [2.75, 3.05) is 16.8 Å². The highest BCUT2D eigenvalue weighted by atomic mass is 32.2. The minimum absolute atomic E-state index is 0.531. The third kappa shape index (κ3) is 2.12. The van der Waals surface area contributed by atoms with Gasteiger partial charge in [0.05, 0.1) is 0 Å². The Morgan fingerprint density at radius 2 is 2.54 bits per heavy atom. The molecule has 1 saturated heterocycles. The van der Waals surface area contributed by atoms with Crippen LogP contribution in [-0.4, -0.2) is 37.8 Å². The Morgan fingerprint density at radius 1 is 1.62 bits per heavy atom. The normalized spacial score (nSPS) is 23.0. The summed E-state index contributed by atoms with van der Waals surface area (Å²) in [5, 5.41) is 14.6. The molecule has 2 rings (SSSR count). The van der Waals surface area contributed by atoms with E-state index in [-0.39, 0.29) is 0 Å². The minimum Gasteiger partial charge on any atom is -0.350 e. The van der Waals surface area contributed by atoms with Crippen molar-refractivity contribution in [3.8, 4) is 0 Å². The monoisotopic (exact) mass is 199 g/mol. The van der Waals surface area contributed by atoms with E-state index in [4.69, 9.17) is 0 Å². The van der Waals surface area contributed by atoms with Gasteiger partial charge >= 0.3 is 0 Å². The van der Waals surface area contributed by atoms with Crippen LogP contribution in [0.5, 0.6) is 0 Å². The van der Waals surface area contributed by atoms with Crippen LogP contribution in [0.15, 0.2) is 0 Å². The molecule has 2 heterocycles. The lowest BCUT2D eigenvalue weighted by Crippen LogP contribution is -2.27. The molecular formula is C7H13N5S. The lowest BCUT2D eigenvalue weighted by Gasteiger charge is -2.21. The summed E-state index contributed by atoms with van der Waals surface area (Å²) in [6.07, 6.45) is 2.51. The van der Waals surface area contributed by atoms with Crippen LogP contribution in [0, 0.1) is 0 Å². The maximum absolute atomic E-state index is 3.89. The number of hydrogen-bond acceptors (Lipinski definition) is 5. The highest BCUT2D eigenvalue weighted by Gasteiger charge is 2.15. The van der Waals surface area contributed by atoms with E-state index in [1.54, 1.807) is 4.68 Å². The van der Waals surface area contributed by atoms with Crippen molar-refractivity contribution in [1.29, 1.82) is 0 Å². The van der Waals surface area contributed by atoms with Crippen molar-refractivity contribution >= 4 is 17.7 Å². The summed E-state index contributed by atoms with van der Waals surface area (Å²) in [5.74, 6) is 3.22. The summed E-state index contributed by atoms with van der Waals surface area (Å²) in [7, 11) is 1.85.